The third-order valence-corrected chi connectivity index (χ3v) is 5.61. The Bertz CT molecular complexity index is 1070. The number of rotatable bonds is 2. The molecular weight excluding hydrogens is 350 g/mol. The van der Waals surface area contributed by atoms with Crippen molar-refractivity contribution >= 4 is 45.0 Å². The van der Waals surface area contributed by atoms with Crippen molar-refractivity contribution in [2.24, 2.45) is 0 Å². The van der Waals surface area contributed by atoms with Gasteiger partial charge >= 0.3 is 0 Å². The van der Waals surface area contributed by atoms with Crippen LogP contribution in [0.25, 0.3) is 15.7 Å². The van der Waals surface area contributed by atoms with Gasteiger partial charge < -0.3 is 10.4 Å². The molecule has 1 aliphatic carbocycles. The van der Waals surface area contributed by atoms with Gasteiger partial charge in [-0.1, -0.05) is 0 Å². The number of carboxylic acid groups (broad SMARTS) is 1. The quantitative estimate of drug-likeness (QED) is 0.525. The lowest BCUT2D eigenvalue weighted by molar-refractivity contribution is -0.122. The minimum Gasteiger partial charge on any atom is -0.483 e. The molecule has 7 nitrogen and oxygen atoms in total. The summed E-state index contributed by atoms with van der Waals surface area (Å²) in [5.74, 6) is 0.915. The molecule has 4 heterocycles. The highest BCUT2D eigenvalue weighted by atomic mass is 32.1. The van der Waals surface area contributed by atoms with Crippen molar-refractivity contribution in [1.82, 2.24) is 19.6 Å². The molecule has 0 aromatic carbocycles. The molecule has 0 atom stereocenters. The maximum Gasteiger partial charge on any atom is 0.290 e. The van der Waals surface area contributed by atoms with E-state index in [1.165, 1.54) is 35.1 Å². The van der Waals surface area contributed by atoms with Gasteiger partial charge in [-0.25, -0.2) is 14.5 Å². The summed E-state index contributed by atoms with van der Waals surface area (Å²) >= 11 is 1.82. The zero-order valence-electron chi connectivity index (χ0n) is 13.9. The highest BCUT2D eigenvalue weighted by Crippen LogP contribution is 2.38. The number of nitrogens with zero attached hydrogens (tertiary/aromatic N) is 4. The predicted molar refractivity (Wildman–Crippen MR) is 101 cm³/mol. The summed E-state index contributed by atoms with van der Waals surface area (Å²) < 4.78 is 1.85. The van der Waals surface area contributed by atoms with Crippen LogP contribution in [0.3, 0.4) is 0 Å². The van der Waals surface area contributed by atoms with E-state index in [1.54, 1.807) is 12.5 Å². The van der Waals surface area contributed by atoms with Crippen LogP contribution in [0.1, 0.15) is 23.3 Å². The van der Waals surface area contributed by atoms with E-state index in [1.807, 2.05) is 34.2 Å². The molecule has 0 unspecified atom stereocenters. The third kappa shape index (κ3) is 2.99. The Labute approximate surface area is 153 Å². The van der Waals surface area contributed by atoms with Crippen molar-refractivity contribution in [3.05, 3.63) is 47.4 Å². The van der Waals surface area contributed by atoms with Crippen molar-refractivity contribution in [2.75, 3.05) is 5.32 Å². The van der Waals surface area contributed by atoms with E-state index in [9.17, 15) is 0 Å². The molecule has 0 amide bonds. The average molecular weight is 367 g/mol. The van der Waals surface area contributed by atoms with Crippen molar-refractivity contribution in [2.45, 2.75) is 25.7 Å². The molecule has 0 bridgehead atoms. The van der Waals surface area contributed by atoms with Crippen molar-refractivity contribution < 1.29 is 9.90 Å². The maximum atomic E-state index is 8.36. The maximum absolute atomic E-state index is 8.36. The molecule has 1 aliphatic rings. The van der Waals surface area contributed by atoms with Gasteiger partial charge in [0.2, 0.25) is 0 Å². The van der Waals surface area contributed by atoms with Crippen LogP contribution in [0.15, 0.2) is 36.9 Å². The van der Waals surface area contributed by atoms with Gasteiger partial charge in [-0.2, -0.15) is 5.10 Å². The van der Waals surface area contributed by atoms with Gasteiger partial charge in [0.25, 0.3) is 6.47 Å². The van der Waals surface area contributed by atoms with Crippen LogP contribution in [-0.4, -0.2) is 31.2 Å². The smallest absolute Gasteiger partial charge is 0.290 e. The number of pyridine rings is 1. The summed E-state index contributed by atoms with van der Waals surface area (Å²) in [6.07, 6.45) is 10.3. The number of nitrogens with one attached hydrogen (secondary N) is 1. The number of hydrogen-bond donors (Lipinski definition) is 2. The highest BCUT2D eigenvalue weighted by Gasteiger charge is 2.19. The Morgan fingerprint density at radius 2 is 2.08 bits per heavy atom. The summed E-state index contributed by atoms with van der Waals surface area (Å²) in [6.45, 7) is -0.250. The summed E-state index contributed by atoms with van der Waals surface area (Å²) in [5, 5.41) is 15.8. The Hall–Kier alpha value is -3.00. The van der Waals surface area contributed by atoms with Crippen LogP contribution < -0.4 is 5.32 Å². The van der Waals surface area contributed by atoms with E-state index >= 15 is 0 Å². The number of aryl methyl sites for hydroxylation is 2. The van der Waals surface area contributed by atoms with Crippen LogP contribution in [0.5, 0.6) is 0 Å². The second kappa shape index (κ2) is 7.09. The fourth-order valence-electron chi connectivity index (χ4n) is 3.32. The number of fused-ring (bicyclic) bond motifs is 4. The minimum absolute atomic E-state index is 0.250. The van der Waals surface area contributed by atoms with E-state index in [0.717, 1.165) is 28.3 Å². The monoisotopic (exact) mass is 367 g/mol. The van der Waals surface area contributed by atoms with Gasteiger partial charge in [0.15, 0.2) is 0 Å². The standard InChI is InChI=1S/C17H15N5S.CH2O2/c1-2-4-14-13(3-1)15-16(18-10-19-17(15)23-14)21-11-6-8-22-12(9-11)5-7-20-22;2-1-3/h5-10H,1-4H2,(H,18,19,21);1H,(H,2,3). The number of thiophene rings is 1. The van der Waals surface area contributed by atoms with Crippen molar-refractivity contribution in [3.63, 3.8) is 0 Å². The first-order valence-electron chi connectivity index (χ1n) is 8.33. The minimum atomic E-state index is -0.250. The SMILES string of the molecule is O=CO.c1nc(Nc2ccn3nccc3c2)c2c3c(sc2n1)CCCC3. The molecule has 0 fully saturated rings. The van der Waals surface area contributed by atoms with E-state index in [4.69, 9.17) is 9.90 Å². The van der Waals surface area contributed by atoms with Gasteiger partial charge in [-0.15, -0.1) is 11.3 Å². The number of carbonyl (C=O) groups is 1. The Balaban J connectivity index is 0.000000527. The molecule has 5 rings (SSSR count). The summed E-state index contributed by atoms with van der Waals surface area (Å²) in [7, 11) is 0. The van der Waals surface area contributed by atoms with Crippen molar-refractivity contribution in [3.8, 4) is 0 Å². The molecule has 0 aliphatic heterocycles. The molecule has 0 saturated heterocycles. The number of anilines is 2. The predicted octanol–water partition coefficient (Wildman–Crippen LogP) is 3.66. The van der Waals surface area contributed by atoms with Gasteiger partial charge in [0.1, 0.15) is 17.0 Å². The fourth-order valence-corrected chi connectivity index (χ4v) is 4.55. The first kappa shape index (κ1) is 16.5. The largest absolute Gasteiger partial charge is 0.483 e. The van der Waals surface area contributed by atoms with Crippen LogP contribution in [-0.2, 0) is 17.6 Å². The van der Waals surface area contributed by atoms with Crippen LogP contribution in [0, 0.1) is 0 Å². The van der Waals surface area contributed by atoms with E-state index in [-0.39, 0.29) is 6.47 Å². The average Bonchev–Trinajstić information content (AvgIpc) is 3.26. The molecule has 4 aromatic heterocycles. The molecular formula is C18H17N5O2S. The van der Waals surface area contributed by atoms with Crippen LogP contribution in [0.2, 0.25) is 0 Å². The van der Waals surface area contributed by atoms with Crippen molar-refractivity contribution in [1.29, 1.82) is 0 Å². The topological polar surface area (TPSA) is 92.4 Å². The fraction of sp³-hybridized carbons (Fsp3) is 0.222. The molecule has 4 aromatic rings. The number of aromatic nitrogens is 4. The summed E-state index contributed by atoms with van der Waals surface area (Å²) in [6, 6.07) is 6.10. The van der Waals surface area contributed by atoms with Gasteiger partial charge in [-0.05, 0) is 49.4 Å². The Morgan fingerprint density at radius 3 is 2.96 bits per heavy atom. The molecule has 0 spiro atoms. The lowest BCUT2D eigenvalue weighted by atomic mass is 9.97. The molecule has 0 saturated carbocycles. The Kier molecular flexibility index (Phi) is 4.49. The lowest BCUT2D eigenvalue weighted by Crippen LogP contribution is -2.01. The molecule has 2 N–H and O–H groups in total. The first-order valence-corrected chi connectivity index (χ1v) is 9.15. The van der Waals surface area contributed by atoms with Crippen LogP contribution in [0.4, 0.5) is 11.5 Å². The summed E-state index contributed by atoms with van der Waals surface area (Å²) in [5.41, 5.74) is 3.53. The molecule has 132 valence electrons. The first-order chi connectivity index (χ1) is 12.8. The van der Waals surface area contributed by atoms with E-state index in [2.05, 4.69) is 26.4 Å². The zero-order valence-corrected chi connectivity index (χ0v) is 14.7. The second-order valence-electron chi connectivity index (χ2n) is 5.96. The third-order valence-electron chi connectivity index (χ3n) is 4.41. The van der Waals surface area contributed by atoms with E-state index in [0.29, 0.717) is 0 Å². The van der Waals surface area contributed by atoms with Gasteiger partial charge in [-0.3, -0.25) is 4.79 Å². The second-order valence-corrected chi connectivity index (χ2v) is 7.04. The highest BCUT2D eigenvalue weighted by molar-refractivity contribution is 7.19. The number of hydrogen-bond acceptors (Lipinski definition) is 6. The zero-order chi connectivity index (χ0) is 17.9. The Morgan fingerprint density at radius 1 is 1.23 bits per heavy atom. The molecule has 26 heavy (non-hydrogen) atoms. The van der Waals surface area contributed by atoms with E-state index < -0.39 is 0 Å². The van der Waals surface area contributed by atoms with Gasteiger partial charge in [0.05, 0.1) is 10.9 Å². The molecule has 0 radical (unpaired) electrons. The lowest BCUT2D eigenvalue weighted by Gasteiger charge is -2.12. The normalized spacial score (nSPS) is 13.1. The van der Waals surface area contributed by atoms with Crippen LogP contribution >= 0.6 is 11.3 Å². The summed E-state index contributed by atoms with van der Waals surface area (Å²) in [4.78, 5) is 19.9. The van der Waals surface area contributed by atoms with Gasteiger partial charge in [0, 0.05) is 23.0 Å². The molecule has 8 heteroatoms.